The Hall–Kier alpha value is -2.28. The molecule has 2 fully saturated rings. The van der Waals surface area contributed by atoms with Crippen LogP contribution in [0.25, 0.3) is 0 Å². The summed E-state index contributed by atoms with van der Waals surface area (Å²) in [6.45, 7) is 8.41. The van der Waals surface area contributed by atoms with Gasteiger partial charge in [0, 0.05) is 43.4 Å². The van der Waals surface area contributed by atoms with Gasteiger partial charge in [0.05, 0.1) is 17.5 Å². The summed E-state index contributed by atoms with van der Waals surface area (Å²) in [5, 5.41) is 3.65. The van der Waals surface area contributed by atoms with E-state index in [1.807, 2.05) is 30.3 Å². The number of halogens is 1. The summed E-state index contributed by atoms with van der Waals surface area (Å²) in [7, 11) is 0. The summed E-state index contributed by atoms with van der Waals surface area (Å²) in [4.78, 5) is 17.7. The lowest BCUT2D eigenvalue weighted by Gasteiger charge is -2.36. The molecule has 1 unspecified atom stereocenters. The molecule has 31 heavy (non-hydrogen) atoms. The first-order valence-corrected chi connectivity index (χ1v) is 11.4. The summed E-state index contributed by atoms with van der Waals surface area (Å²) in [6.07, 6.45) is 2.23. The number of carbonyl (C=O) groups excluding carboxylic acids is 1. The van der Waals surface area contributed by atoms with Crippen LogP contribution in [-0.2, 0) is 4.74 Å². The van der Waals surface area contributed by atoms with Crippen LogP contribution in [0.2, 0.25) is 5.02 Å². The van der Waals surface area contributed by atoms with E-state index in [4.69, 9.17) is 21.1 Å². The molecule has 2 aliphatic heterocycles. The topological polar surface area (TPSA) is 54.0 Å². The molecule has 2 saturated heterocycles. The number of hydrogen-bond donors (Lipinski definition) is 1. The van der Waals surface area contributed by atoms with Crippen molar-refractivity contribution >= 4 is 28.9 Å². The van der Waals surface area contributed by atoms with Crippen LogP contribution in [0.3, 0.4) is 0 Å². The van der Waals surface area contributed by atoms with Gasteiger partial charge in [-0.25, -0.2) is 0 Å². The molecule has 1 atom stereocenters. The van der Waals surface area contributed by atoms with Crippen LogP contribution in [0.4, 0.5) is 11.4 Å². The molecule has 0 aliphatic carbocycles. The number of nitrogens with zero attached hydrogens (tertiary/aromatic N) is 2. The number of anilines is 2. The zero-order valence-corrected chi connectivity index (χ0v) is 18.7. The minimum absolute atomic E-state index is 0.139. The fourth-order valence-corrected chi connectivity index (χ4v) is 4.25. The van der Waals surface area contributed by atoms with E-state index in [0.29, 0.717) is 22.9 Å². The van der Waals surface area contributed by atoms with E-state index in [1.165, 1.54) is 0 Å². The molecule has 0 aromatic heterocycles. The van der Waals surface area contributed by atoms with Gasteiger partial charge in [0.1, 0.15) is 12.4 Å². The van der Waals surface area contributed by atoms with Crippen molar-refractivity contribution in [1.29, 1.82) is 0 Å². The van der Waals surface area contributed by atoms with E-state index in [1.54, 1.807) is 12.1 Å². The van der Waals surface area contributed by atoms with Gasteiger partial charge in [-0.2, -0.15) is 0 Å². The minimum atomic E-state index is -0.182. The van der Waals surface area contributed by atoms with Gasteiger partial charge in [-0.3, -0.25) is 4.79 Å². The molecule has 2 aliphatic rings. The standard InChI is InChI=1S/C24H30ClN3O3/c1-2-27-10-12-28(13-11-27)23-9-8-19(25)16-22(23)26-24(29)18-5-3-6-20(15-18)31-17-21-7-4-14-30-21/h3,5-6,8-9,15-16,21H,2,4,7,10-14,17H2,1H3,(H,26,29). The van der Waals surface area contributed by atoms with Crippen LogP contribution < -0.4 is 15.0 Å². The Balaban J connectivity index is 1.44. The molecule has 2 aromatic carbocycles. The van der Waals surface area contributed by atoms with Crippen molar-refractivity contribution in [2.75, 3.05) is 56.2 Å². The minimum Gasteiger partial charge on any atom is -0.491 e. The van der Waals surface area contributed by atoms with Gasteiger partial charge in [0.2, 0.25) is 0 Å². The van der Waals surface area contributed by atoms with E-state index >= 15 is 0 Å². The number of benzene rings is 2. The van der Waals surface area contributed by atoms with Crippen LogP contribution in [0.5, 0.6) is 5.75 Å². The molecule has 2 aromatic rings. The number of likely N-dealkylation sites (N-methyl/N-ethyl adjacent to an activating group) is 1. The van der Waals surface area contributed by atoms with Crippen LogP contribution in [-0.4, -0.2) is 62.8 Å². The van der Waals surface area contributed by atoms with Crippen LogP contribution in [0.15, 0.2) is 42.5 Å². The third-order valence-electron chi connectivity index (χ3n) is 5.92. The average molecular weight is 444 g/mol. The first-order valence-electron chi connectivity index (χ1n) is 11.0. The molecular formula is C24H30ClN3O3. The smallest absolute Gasteiger partial charge is 0.255 e. The number of rotatable bonds is 7. The highest BCUT2D eigenvalue weighted by molar-refractivity contribution is 6.31. The molecule has 1 amide bonds. The SMILES string of the molecule is CCN1CCN(c2ccc(Cl)cc2NC(=O)c2cccc(OCC3CCCO3)c2)CC1. The molecule has 6 nitrogen and oxygen atoms in total. The van der Waals surface area contributed by atoms with Gasteiger partial charge >= 0.3 is 0 Å². The second-order valence-electron chi connectivity index (χ2n) is 8.01. The van der Waals surface area contributed by atoms with Crippen molar-refractivity contribution < 1.29 is 14.3 Å². The maximum absolute atomic E-state index is 13.0. The summed E-state index contributed by atoms with van der Waals surface area (Å²) >= 11 is 6.25. The fraction of sp³-hybridized carbons (Fsp3) is 0.458. The van der Waals surface area contributed by atoms with Gasteiger partial charge in [0.15, 0.2) is 0 Å². The van der Waals surface area contributed by atoms with Crippen molar-refractivity contribution in [2.45, 2.75) is 25.9 Å². The zero-order valence-electron chi connectivity index (χ0n) is 18.0. The number of hydrogen-bond acceptors (Lipinski definition) is 5. The number of piperazine rings is 1. The van der Waals surface area contributed by atoms with Gasteiger partial charge < -0.3 is 24.6 Å². The second kappa shape index (κ2) is 10.4. The first-order chi connectivity index (χ1) is 15.1. The Kier molecular flexibility index (Phi) is 7.33. The summed E-state index contributed by atoms with van der Waals surface area (Å²) in [5.41, 5.74) is 2.28. The Morgan fingerprint density at radius 3 is 2.77 bits per heavy atom. The Bertz CT molecular complexity index is 893. The van der Waals surface area contributed by atoms with Crippen LogP contribution in [0, 0.1) is 0 Å². The fourth-order valence-electron chi connectivity index (χ4n) is 4.08. The third kappa shape index (κ3) is 5.70. The zero-order chi connectivity index (χ0) is 21.6. The predicted octanol–water partition coefficient (Wildman–Crippen LogP) is 4.29. The number of amides is 1. The van der Waals surface area contributed by atoms with Gasteiger partial charge in [-0.05, 0) is 55.8 Å². The number of carbonyl (C=O) groups is 1. The third-order valence-corrected chi connectivity index (χ3v) is 6.16. The Labute approximate surface area is 189 Å². The van der Waals surface area contributed by atoms with E-state index in [2.05, 4.69) is 22.0 Å². The van der Waals surface area contributed by atoms with Crippen molar-refractivity contribution in [3.8, 4) is 5.75 Å². The summed E-state index contributed by atoms with van der Waals surface area (Å²) in [5.74, 6) is 0.489. The van der Waals surface area contributed by atoms with E-state index < -0.39 is 0 Å². The number of ether oxygens (including phenoxy) is 2. The lowest BCUT2D eigenvalue weighted by Crippen LogP contribution is -2.46. The second-order valence-corrected chi connectivity index (χ2v) is 8.45. The summed E-state index contributed by atoms with van der Waals surface area (Å²) in [6, 6.07) is 12.9. The lowest BCUT2D eigenvalue weighted by atomic mass is 10.1. The van der Waals surface area contributed by atoms with Crippen molar-refractivity contribution in [3.05, 3.63) is 53.1 Å². The predicted molar refractivity (Wildman–Crippen MR) is 125 cm³/mol. The maximum atomic E-state index is 13.0. The highest BCUT2D eigenvalue weighted by Crippen LogP contribution is 2.31. The first kappa shape index (κ1) is 21.9. The molecule has 0 radical (unpaired) electrons. The van der Waals surface area contributed by atoms with Gasteiger partial charge in [-0.15, -0.1) is 0 Å². The highest BCUT2D eigenvalue weighted by atomic mass is 35.5. The highest BCUT2D eigenvalue weighted by Gasteiger charge is 2.20. The maximum Gasteiger partial charge on any atom is 0.255 e. The summed E-state index contributed by atoms with van der Waals surface area (Å²) < 4.78 is 11.5. The average Bonchev–Trinajstić information content (AvgIpc) is 3.32. The van der Waals surface area contributed by atoms with Crippen LogP contribution >= 0.6 is 11.6 Å². The molecule has 0 spiro atoms. The van der Waals surface area contributed by atoms with Gasteiger partial charge in [0.25, 0.3) is 5.91 Å². The van der Waals surface area contributed by atoms with E-state index in [9.17, 15) is 4.79 Å². The van der Waals surface area contributed by atoms with Crippen molar-refractivity contribution in [3.63, 3.8) is 0 Å². The monoisotopic (exact) mass is 443 g/mol. The van der Waals surface area contributed by atoms with Crippen LogP contribution in [0.1, 0.15) is 30.1 Å². The Morgan fingerprint density at radius 2 is 2.03 bits per heavy atom. The normalized spacial score (nSPS) is 19.4. The van der Waals surface area contributed by atoms with Crippen molar-refractivity contribution in [1.82, 2.24) is 4.90 Å². The van der Waals surface area contributed by atoms with E-state index in [-0.39, 0.29) is 12.0 Å². The molecule has 7 heteroatoms. The number of nitrogens with one attached hydrogen (secondary N) is 1. The van der Waals surface area contributed by atoms with Gasteiger partial charge in [-0.1, -0.05) is 24.6 Å². The van der Waals surface area contributed by atoms with E-state index in [0.717, 1.165) is 63.5 Å². The molecule has 1 N–H and O–H groups in total. The molecule has 2 heterocycles. The Morgan fingerprint density at radius 1 is 1.19 bits per heavy atom. The largest absolute Gasteiger partial charge is 0.491 e. The molecular weight excluding hydrogens is 414 g/mol. The molecule has 4 rings (SSSR count). The molecule has 0 saturated carbocycles. The quantitative estimate of drug-likeness (QED) is 0.691. The van der Waals surface area contributed by atoms with Crippen molar-refractivity contribution in [2.24, 2.45) is 0 Å². The molecule has 0 bridgehead atoms. The molecule has 166 valence electrons. The lowest BCUT2D eigenvalue weighted by molar-refractivity contribution is 0.0679.